The molecule has 1 heterocycles. The van der Waals surface area contributed by atoms with E-state index in [9.17, 15) is 14.9 Å². The number of hydrogen-bond donors (Lipinski definition) is 0. The zero-order valence-corrected chi connectivity index (χ0v) is 17.2. The van der Waals surface area contributed by atoms with Crippen molar-refractivity contribution in [2.75, 3.05) is 0 Å². The van der Waals surface area contributed by atoms with E-state index in [1.54, 1.807) is 45.0 Å². The van der Waals surface area contributed by atoms with Crippen molar-refractivity contribution in [1.29, 1.82) is 0 Å². The number of carbonyl (C=O) groups excluding carboxylic acids is 1. The second-order valence-corrected chi connectivity index (χ2v) is 8.50. The Morgan fingerprint density at radius 2 is 1.89 bits per heavy atom. The topological polar surface area (TPSA) is 82.0 Å². The number of benzene rings is 2. The van der Waals surface area contributed by atoms with Crippen molar-refractivity contribution in [2.24, 2.45) is 0 Å². The number of ether oxygens (including phenoxy) is 2. The molecule has 3 rings (SSSR count). The van der Waals surface area contributed by atoms with Crippen LogP contribution in [0.5, 0.6) is 0 Å². The lowest BCUT2D eigenvalue weighted by Crippen LogP contribution is -2.33. The maximum atomic E-state index is 13.0. The maximum absolute atomic E-state index is 13.0. The minimum absolute atomic E-state index is 0.0956. The van der Waals surface area contributed by atoms with Gasteiger partial charge in [0.25, 0.3) is 5.69 Å². The quantitative estimate of drug-likeness (QED) is 0.270. The van der Waals surface area contributed by atoms with Crippen LogP contribution in [-0.2, 0) is 19.9 Å². The molecule has 0 amide bonds. The highest BCUT2D eigenvalue weighted by molar-refractivity contribution is 9.10. The molecule has 0 unspecified atom stereocenters. The molecule has 1 aliphatic heterocycles. The predicted octanol–water partition coefficient (Wildman–Crippen LogP) is 5.32. The molecule has 2 atom stereocenters. The number of rotatable bonds is 4. The van der Waals surface area contributed by atoms with Crippen LogP contribution in [0.3, 0.4) is 0 Å². The zero-order valence-electron chi connectivity index (χ0n) is 14.9. The summed E-state index contributed by atoms with van der Waals surface area (Å²) >= 11 is 9.14. The van der Waals surface area contributed by atoms with Crippen LogP contribution in [0, 0.1) is 10.1 Å². The molecule has 1 aliphatic rings. The van der Waals surface area contributed by atoms with Crippen molar-refractivity contribution < 1.29 is 19.2 Å². The highest BCUT2D eigenvalue weighted by Gasteiger charge is 2.66. The minimum atomic E-state index is -1.36. The lowest BCUT2D eigenvalue weighted by molar-refractivity contribution is -0.385. The fourth-order valence-electron chi connectivity index (χ4n) is 2.82. The van der Waals surface area contributed by atoms with Crippen molar-refractivity contribution >= 4 is 39.2 Å². The zero-order chi connectivity index (χ0) is 20.0. The number of carbonyl (C=O) groups is 1. The second-order valence-electron chi connectivity index (χ2n) is 7.21. The summed E-state index contributed by atoms with van der Waals surface area (Å²) in [5.41, 5.74) is -0.923. The number of esters is 1. The lowest BCUT2D eigenvalue weighted by Gasteiger charge is -2.23. The normalized spacial score (nSPS) is 21.6. The first-order valence-corrected chi connectivity index (χ1v) is 9.33. The van der Waals surface area contributed by atoms with Gasteiger partial charge in [0.1, 0.15) is 11.7 Å². The Hall–Kier alpha value is -1.96. The van der Waals surface area contributed by atoms with Crippen molar-refractivity contribution in [1.82, 2.24) is 0 Å². The highest BCUT2D eigenvalue weighted by Crippen LogP contribution is 2.58. The summed E-state index contributed by atoms with van der Waals surface area (Å²) < 4.78 is 11.7. The number of nitro groups is 1. The third-order valence-electron chi connectivity index (χ3n) is 4.06. The van der Waals surface area contributed by atoms with Crippen LogP contribution in [0.2, 0.25) is 5.02 Å². The van der Waals surface area contributed by atoms with Crippen LogP contribution in [0.15, 0.2) is 46.9 Å². The first kappa shape index (κ1) is 19.8. The van der Waals surface area contributed by atoms with Gasteiger partial charge < -0.3 is 9.47 Å². The molecular weight excluding hydrogens is 438 g/mol. The van der Waals surface area contributed by atoms with E-state index in [0.717, 1.165) is 5.56 Å². The van der Waals surface area contributed by atoms with Crippen LogP contribution >= 0.6 is 27.5 Å². The van der Waals surface area contributed by atoms with E-state index in [4.69, 9.17) is 21.1 Å². The van der Waals surface area contributed by atoms with Crippen LogP contribution in [0.25, 0.3) is 0 Å². The molecule has 8 heteroatoms. The molecule has 0 bridgehead atoms. The number of nitro benzene ring substituents is 1. The summed E-state index contributed by atoms with van der Waals surface area (Å²) in [6, 6.07) is 11.4. The van der Waals surface area contributed by atoms with Crippen molar-refractivity contribution in [3.8, 4) is 0 Å². The van der Waals surface area contributed by atoms with E-state index in [1.807, 2.05) is 0 Å². The smallest absolute Gasteiger partial charge is 0.346 e. The summed E-state index contributed by atoms with van der Waals surface area (Å²) in [4.78, 5) is 23.6. The van der Waals surface area contributed by atoms with Crippen LogP contribution in [0.1, 0.15) is 38.0 Å². The van der Waals surface area contributed by atoms with Gasteiger partial charge >= 0.3 is 5.97 Å². The largest absolute Gasteiger partial charge is 0.457 e. The molecule has 0 N–H and O–H groups in total. The summed E-state index contributed by atoms with van der Waals surface area (Å²) in [5.74, 6) is -0.546. The van der Waals surface area contributed by atoms with Gasteiger partial charge in [-0.25, -0.2) is 4.79 Å². The average molecular weight is 455 g/mol. The molecule has 1 fully saturated rings. The van der Waals surface area contributed by atoms with Crippen LogP contribution < -0.4 is 0 Å². The highest BCUT2D eigenvalue weighted by atomic mass is 79.9. The van der Waals surface area contributed by atoms with E-state index < -0.39 is 28.2 Å². The van der Waals surface area contributed by atoms with Gasteiger partial charge in [-0.3, -0.25) is 10.1 Å². The molecule has 0 saturated carbocycles. The Morgan fingerprint density at radius 1 is 1.26 bits per heavy atom. The molecule has 142 valence electrons. The second kappa shape index (κ2) is 6.89. The number of hydrogen-bond acceptors (Lipinski definition) is 5. The fourth-order valence-corrected chi connectivity index (χ4v) is 3.47. The van der Waals surface area contributed by atoms with Gasteiger partial charge in [0.05, 0.1) is 9.40 Å². The lowest BCUT2D eigenvalue weighted by atomic mass is 9.91. The van der Waals surface area contributed by atoms with E-state index >= 15 is 0 Å². The van der Waals surface area contributed by atoms with Crippen molar-refractivity contribution in [2.45, 2.75) is 38.1 Å². The number of epoxide rings is 1. The average Bonchev–Trinajstić information content (AvgIpc) is 3.30. The Bertz CT molecular complexity index is 909. The SMILES string of the molecule is CC(C)(C)OC(=O)[C@]1(c2ccc([N+](=O)[O-])c(Br)c2)O[C@H]1c1ccc(Cl)cc1. The Morgan fingerprint density at radius 3 is 2.41 bits per heavy atom. The number of halogens is 2. The van der Waals surface area contributed by atoms with Crippen molar-refractivity contribution in [3.63, 3.8) is 0 Å². The standard InChI is InChI=1S/C19H17BrClNO5/c1-18(2,3)27-17(23)19(12-6-9-15(22(24)25)14(20)10-12)16(26-19)11-4-7-13(21)8-5-11/h4-10,16H,1-3H3/t16-,19+/m0/s1. The summed E-state index contributed by atoms with van der Waals surface area (Å²) in [6.07, 6.45) is -0.571. The molecule has 1 saturated heterocycles. The first-order chi connectivity index (χ1) is 12.5. The van der Waals surface area contributed by atoms with E-state index in [1.165, 1.54) is 18.2 Å². The van der Waals surface area contributed by atoms with E-state index in [2.05, 4.69) is 15.9 Å². The predicted molar refractivity (Wildman–Crippen MR) is 104 cm³/mol. The summed E-state index contributed by atoms with van der Waals surface area (Å²) in [7, 11) is 0. The Kier molecular flexibility index (Phi) is 5.05. The molecular formula is C19H17BrClNO5. The van der Waals surface area contributed by atoms with Gasteiger partial charge in [-0.15, -0.1) is 0 Å². The monoisotopic (exact) mass is 453 g/mol. The van der Waals surface area contributed by atoms with E-state index in [-0.39, 0.29) is 10.2 Å². The molecule has 0 aliphatic carbocycles. The Labute approximate surface area is 169 Å². The number of nitrogens with zero attached hydrogens (tertiary/aromatic N) is 1. The minimum Gasteiger partial charge on any atom is -0.457 e. The van der Waals surface area contributed by atoms with Gasteiger partial charge in [0.2, 0.25) is 5.60 Å². The van der Waals surface area contributed by atoms with Crippen LogP contribution in [-0.4, -0.2) is 16.5 Å². The molecule has 2 aromatic rings. The maximum Gasteiger partial charge on any atom is 0.346 e. The third kappa shape index (κ3) is 3.85. The van der Waals surface area contributed by atoms with Gasteiger partial charge in [-0.2, -0.15) is 0 Å². The van der Waals surface area contributed by atoms with E-state index in [0.29, 0.717) is 10.6 Å². The summed E-state index contributed by atoms with van der Waals surface area (Å²) in [6.45, 7) is 5.30. The molecule has 0 aromatic heterocycles. The molecule has 27 heavy (non-hydrogen) atoms. The Balaban J connectivity index is 2.04. The third-order valence-corrected chi connectivity index (χ3v) is 4.95. The van der Waals surface area contributed by atoms with Gasteiger partial charge in [0.15, 0.2) is 0 Å². The van der Waals surface area contributed by atoms with Gasteiger partial charge in [-0.05, 0) is 72.1 Å². The molecule has 2 aromatic carbocycles. The molecule has 0 radical (unpaired) electrons. The fraction of sp³-hybridized carbons (Fsp3) is 0.316. The summed E-state index contributed by atoms with van der Waals surface area (Å²) in [5, 5.41) is 11.6. The van der Waals surface area contributed by atoms with Gasteiger partial charge in [0, 0.05) is 11.1 Å². The van der Waals surface area contributed by atoms with Crippen LogP contribution in [0.4, 0.5) is 5.69 Å². The van der Waals surface area contributed by atoms with Crippen molar-refractivity contribution in [3.05, 3.63) is 73.2 Å². The first-order valence-electron chi connectivity index (χ1n) is 8.16. The molecule has 0 spiro atoms. The van der Waals surface area contributed by atoms with Gasteiger partial charge in [-0.1, -0.05) is 23.7 Å². The molecule has 6 nitrogen and oxygen atoms in total.